The molecule has 29 heavy (non-hydrogen) atoms. The summed E-state index contributed by atoms with van der Waals surface area (Å²) in [6.45, 7) is 2.36. The molecule has 1 atom stereocenters. The van der Waals surface area contributed by atoms with Crippen molar-refractivity contribution in [3.05, 3.63) is 72.2 Å². The maximum atomic E-state index is 13.3. The number of hydrogen-bond donors (Lipinski definition) is 1. The van der Waals surface area contributed by atoms with E-state index in [0.717, 1.165) is 43.6 Å². The SMILES string of the molecule is Cl.O=C(c1cc(-c2ccccc2)no1)N(Cc1ccccn1)C1CCCNCC1. The van der Waals surface area contributed by atoms with Crippen LogP contribution in [0.15, 0.2) is 65.3 Å². The van der Waals surface area contributed by atoms with E-state index in [2.05, 4.69) is 15.5 Å². The van der Waals surface area contributed by atoms with Gasteiger partial charge in [-0.3, -0.25) is 9.78 Å². The fraction of sp³-hybridized carbons (Fsp3) is 0.318. The van der Waals surface area contributed by atoms with Gasteiger partial charge in [-0.1, -0.05) is 41.6 Å². The molecule has 7 heteroatoms. The van der Waals surface area contributed by atoms with Crippen LogP contribution < -0.4 is 5.32 Å². The van der Waals surface area contributed by atoms with Crippen molar-refractivity contribution in [2.45, 2.75) is 31.8 Å². The molecule has 1 saturated heterocycles. The fourth-order valence-corrected chi connectivity index (χ4v) is 3.61. The number of pyridine rings is 1. The quantitative estimate of drug-likeness (QED) is 0.687. The predicted molar refractivity (Wildman–Crippen MR) is 114 cm³/mol. The topological polar surface area (TPSA) is 71.3 Å². The van der Waals surface area contributed by atoms with E-state index in [1.807, 2.05) is 53.4 Å². The third kappa shape index (κ3) is 5.22. The van der Waals surface area contributed by atoms with Gasteiger partial charge >= 0.3 is 0 Å². The Labute approximate surface area is 176 Å². The Kier molecular flexibility index (Phi) is 7.38. The van der Waals surface area contributed by atoms with Crippen LogP contribution in [0.4, 0.5) is 0 Å². The molecule has 2 aromatic heterocycles. The van der Waals surface area contributed by atoms with Crippen LogP contribution >= 0.6 is 12.4 Å². The summed E-state index contributed by atoms with van der Waals surface area (Å²) in [6, 6.07) is 17.4. The van der Waals surface area contributed by atoms with Gasteiger partial charge in [0.05, 0.1) is 12.2 Å². The summed E-state index contributed by atoms with van der Waals surface area (Å²) in [5, 5.41) is 7.52. The second-order valence-corrected chi connectivity index (χ2v) is 7.03. The number of amides is 1. The van der Waals surface area contributed by atoms with Gasteiger partial charge in [0.15, 0.2) is 0 Å². The Hall–Kier alpha value is -2.70. The first-order valence-electron chi connectivity index (χ1n) is 9.75. The molecule has 0 saturated carbocycles. The van der Waals surface area contributed by atoms with Gasteiger partial charge in [-0.05, 0) is 44.5 Å². The minimum Gasteiger partial charge on any atom is -0.350 e. The molecule has 1 aliphatic heterocycles. The monoisotopic (exact) mass is 412 g/mol. The van der Waals surface area contributed by atoms with Crippen molar-refractivity contribution in [2.75, 3.05) is 13.1 Å². The van der Waals surface area contributed by atoms with Crippen LogP contribution in [-0.2, 0) is 6.54 Å². The molecular formula is C22H25ClN4O2. The highest BCUT2D eigenvalue weighted by molar-refractivity contribution is 5.92. The second kappa shape index (κ2) is 10.2. The van der Waals surface area contributed by atoms with Crippen molar-refractivity contribution in [1.29, 1.82) is 0 Å². The number of halogens is 1. The van der Waals surface area contributed by atoms with Gasteiger partial charge in [-0.15, -0.1) is 12.4 Å². The number of benzene rings is 1. The summed E-state index contributed by atoms with van der Waals surface area (Å²) in [4.78, 5) is 19.7. The largest absolute Gasteiger partial charge is 0.350 e. The molecule has 0 radical (unpaired) electrons. The maximum absolute atomic E-state index is 13.3. The van der Waals surface area contributed by atoms with Crippen molar-refractivity contribution in [1.82, 2.24) is 20.4 Å². The minimum absolute atomic E-state index is 0. The fourth-order valence-electron chi connectivity index (χ4n) is 3.61. The van der Waals surface area contributed by atoms with Crippen LogP contribution in [-0.4, -0.2) is 40.1 Å². The molecule has 6 nitrogen and oxygen atoms in total. The molecule has 0 spiro atoms. The Bertz CT molecular complexity index is 893. The van der Waals surface area contributed by atoms with E-state index in [0.29, 0.717) is 12.2 Å². The lowest BCUT2D eigenvalue weighted by Gasteiger charge is -2.30. The Morgan fingerprint density at radius 1 is 1.10 bits per heavy atom. The van der Waals surface area contributed by atoms with Crippen LogP contribution in [0, 0.1) is 0 Å². The number of rotatable bonds is 5. The van der Waals surface area contributed by atoms with Crippen LogP contribution in [0.5, 0.6) is 0 Å². The summed E-state index contributed by atoms with van der Waals surface area (Å²) < 4.78 is 5.44. The summed E-state index contributed by atoms with van der Waals surface area (Å²) in [5.74, 6) is 0.138. The minimum atomic E-state index is -0.132. The molecule has 1 aromatic carbocycles. The summed E-state index contributed by atoms with van der Waals surface area (Å²) >= 11 is 0. The van der Waals surface area contributed by atoms with Gasteiger partial charge in [0, 0.05) is 23.9 Å². The predicted octanol–water partition coefficient (Wildman–Crippen LogP) is 3.94. The molecule has 3 aromatic rings. The van der Waals surface area contributed by atoms with Crippen molar-refractivity contribution in [3.8, 4) is 11.3 Å². The summed E-state index contributed by atoms with van der Waals surface area (Å²) in [6.07, 6.45) is 4.68. The van der Waals surface area contributed by atoms with Gasteiger partial charge < -0.3 is 14.7 Å². The first kappa shape index (κ1) is 21.0. The van der Waals surface area contributed by atoms with Gasteiger partial charge in [0.2, 0.25) is 5.76 Å². The zero-order valence-electron chi connectivity index (χ0n) is 16.2. The summed E-state index contributed by atoms with van der Waals surface area (Å²) in [7, 11) is 0. The van der Waals surface area contributed by atoms with Gasteiger partial charge in [-0.2, -0.15) is 0 Å². The molecule has 3 heterocycles. The second-order valence-electron chi connectivity index (χ2n) is 7.03. The average Bonchev–Trinajstić information content (AvgIpc) is 3.09. The number of hydrogen-bond acceptors (Lipinski definition) is 5. The van der Waals surface area contributed by atoms with E-state index in [4.69, 9.17) is 4.52 Å². The van der Waals surface area contributed by atoms with Crippen LogP contribution in [0.3, 0.4) is 0 Å². The number of carbonyl (C=O) groups excluding carboxylic acids is 1. The lowest BCUT2D eigenvalue weighted by molar-refractivity contribution is 0.0600. The van der Waals surface area contributed by atoms with E-state index < -0.39 is 0 Å². The Morgan fingerprint density at radius 2 is 1.93 bits per heavy atom. The highest BCUT2D eigenvalue weighted by atomic mass is 35.5. The number of nitrogens with zero attached hydrogens (tertiary/aromatic N) is 3. The van der Waals surface area contributed by atoms with Crippen LogP contribution in [0.1, 0.15) is 35.5 Å². The molecule has 0 bridgehead atoms. The Balaban J connectivity index is 0.00000240. The molecule has 0 aliphatic carbocycles. The highest BCUT2D eigenvalue weighted by Crippen LogP contribution is 2.23. The number of carbonyl (C=O) groups is 1. The third-order valence-electron chi connectivity index (χ3n) is 5.10. The molecular weight excluding hydrogens is 388 g/mol. The Morgan fingerprint density at radius 3 is 2.72 bits per heavy atom. The smallest absolute Gasteiger partial charge is 0.293 e. The van der Waals surface area contributed by atoms with Crippen molar-refractivity contribution in [3.63, 3.8) is 0 Å². The molecule has 4 rings (SSSR count). The molecule has 1 N–H and O–H groups in total. The van der Waals surface area contributed by atoms with Gasteiger partial charge in [-0.25, -0.2) is 0 Å². The van der Waals surface area contributed by atoms with Crippen molar-refractivity contribution >= 4 is 18.3 Å². The lowest BCUT2D eigenvalue weighted by atomic mass is 10.1. The first-order valence-corrected chi connectivity index (χ1v) is 9.75. The molecule has 1 unspecified atom stereocenters. The lowest BCUT2D eigenvalue weighted by Crippen LogP contribution is -2.40. The number of nitrogens with one attached hydrogen (secondary N) is 1. The number of aromatic nitrogens is 2. The standard InChI is InChI=1S/C22H24N4O2.ClH/c27-22(21-15-20(25-28-21)17-7-2-1-3-8-17)26(16-18-9-4-5-13-24-18)19-10-6-12-23-14-11-19;/h1-5,7-9,13,15,19,23H,6,10-12,14,16H2;1H. The van der Waals surface area contributed by atoms with E-state index in [1.54, 1.807) is 12.3 Å². The zero-order valence-corrected chi connectivity index (χ0v) is 17.0. The third-order valence-corrected chi connectivity index (χ3v) is 5.10. The van der Waals surface area contributed by atoms with E-state index in [-0.39, 0.29) is 30.1 Å². The van der Waals surface area contributed by atoms with E-state index >= 15 is 0 Å². The van der Waals surface area contributed by atoms with Crippen LogP contribution in [0.25, 0.3) is 11.3 Å². The maximum Gasteiger partial charge on any atom is 0.293 e. The average molecular weight is 413 g/mol. The first-order chi connectivity index (χ1) is 13.8. The zero-order chi connectivity index (χ0) is 19.2. The van der Waals surface area contributed by atoms with Gasteiger partial charge in [0.25, 0.3) is 5.91 Å². The van der Waals surface area contributed by atoms with E-state index in [9.17, 15) is 4.79 Å². The highest BCUT2D eigenvalue weighted by Gasteiger charge is 2.28. The van der Waals surface area contributed by atoms with Crippen molar-refractivity contribution in [2.24, 2.45) is 0 Å². The van der Waals surface area contributed by atoms with E-state index in [1.165, 1.54) is 0 Å². The molecule has 1 fully saturated rings. The molecule has 152 valence electrons. The van der Waals surface area contributed by atoms with Crippen LogP contribution in [0.2, 0.25) is 0 Å². The van der Waals surface area contributed by atoms with Crippen molar-refractivity contribution < 1.29 is 9.32 Å². The van der Waals surface area contributed by atoms with Gasteiger partial charge in [0.1, 0.15) is 5.69 Å². The molecule has 1 amide bonds. The normalized spacial score (nSPS) is 16.5. The summed E-state index contributed by atoms with van der Waals surface area (Å²) in [5.41, 5.74) is 2.47. The molecule has 1 aliphatic rings.